The maximum absolute atomic E-state index is 4.69. The second-order valence-electron chi connectivity index (χ2n) is 6.40. The lowest BCUT2D eigenvalue weighted by Gasteiger charge is -2.14. The topological polar surface area (TPSA) is 52.6 Å². The van der Waals surface area contributed by atoms with Crippen LogP contribution in [0.15, 0.2) is 41.5 Å². The van der Waals surface area contributed by atoms with Crippen molar-refractivity contribution in [1.29, 1.82) is 0 Å². The number of nitrogens with zero attached hydrogens (tertiary/aromatic N) is 3. The molecule has 0 aliphatic rings. The summed E-state index contributed by atoms with van der Waals surface area (Å²) < 4.78 is 0. The Kier molecular flexibility index (Phi) is 9.40. The molecule has 142 valence electrons. The standard InChI is InChI=1S/C20H29N5.HI/c1-6-21-20(24-14-18-8-7-15(2)11-16(18)3)23-13-17-9-10-22-19(12-17)25(4)5;/h7-12H,6,13-14H2,1-5H3,(H2,21,23,24);1H. The third-order valence-electron chi connectivity index (χ3n) is 3.98. The normalized spacial score (nSPS) is 10.9. The summed E-state index contributed by atoms with van der Waals surface area (Å²) in [5.41, 5.74) is 5.02. The minimum atomic E-state index is 0. The molecule has 0 radical (unpaired) electrons. The fraction of sp³-hybridized carbons (Fsp3) is 0.400. The minimum Gasteiger partial charge on any atom is -0.363 e. The molecule has 1 aromatic carbocycles. The van der Waals surface area contributed by atoms with Gasteiger partial charge >= 0.3 is 0 Å². The number of aliphatic imine (C=N–C) groups is 1. The molecule has 1 aromatic heterocycles. The summed E-state index contributed by atoms with van der Waals surface area (Å²) in [5, 5.41) is 6.72. The molecule has 0 atom stereocenters. The van der Waals surface area contributed by atoms with Crippen molar-refractivity contribution < 1.29 is 0 Å². The van der Waals surface area contributed by atoms with E-state index in [4.69, 9.17) is 4.99 Å². The molecular weight excluding hydrogens is 437 g/mol. The first-order chi connectivity index (χ1) is 12.0. The molecule has 5 nitrogen and oxygen atoms in total. The number of aromatic nitrogens is 1. The molecule has 26 heavy (non-hydrogen) atoms. The van der Waals surface area contributed by atoms with Crippen LogP contribution in [0.5, 0.6) is 0 Å². The molecule has 6 heteroatoms. The highest BCUT2D eigenvalue weighted by atomic mass is 127. The van der Waals surface area contributed by atoms with Crippen LogP contribution >= 0.6 is 24.0 Å². The van der Waals surface area contributed by atoms with Crippen LogP contribution in [0.3, 0.4) is 0 Å². The van der Waals surface area contributed by atoms with Crippen molar-refractivity contribution in [1.82, 2.24) is 15.6 Å². The van der Waals surface area contributed by atoms with E-state index in [1.807, 2.05) is 31.3 Å². The van der Waals surface area contributed by atoms with E-state index in [-0.39, 0.29) is 24.0 Å². The van der Waals surface area contributed by atoms with Gasteiger partial charge in [0.15, 0.2) is 5.96 Å². The number of aryl methyl sites for hydroxylation is 2. The fourth-order valence-electron chi connectivity index (χ4n) is 2.54. The van der Waals surface area contributed by atoms with E-state index in [1.165, 1.54) is 16.7 Å². The number of pyridine rings is 1. The van der Waals surface area contributed by atoms with Gasteiger partial charge in [0, 0.05) is 33.4 Å². The van der Waals surface area contributed by atoms with Gasteiger partial charge in [0.2, 0.25) is 0 Å². The maximum Gasteiger partial charge on any atom is 0.191 e. The van der Waals surface area contributed by atoms with Crippen LogP contribution in [-0.4, -0.2) is 31.6 Å². The molecule has 2 N–H and O–H groups in total. The summed E-state index contributed by atoms with van der Waals surface area (Å²) in [6.07, 6.45) is 1.83. The summed E-state index contributed by atoms with van der Waals surface area (Å²) in [6.45, 7) is 8.55. The summed E-state index contributed by atoms with van der Waals surface area (Å²) in [7, 11) is 3.98. The van der Waals surface area contributed by atoms with Gasteiger partial charge in [-0.2, -0.15) is 0 Å². The van der Waals surface area contributed by atoms with Gasteiger partial charge in [0.25, 0.3) is 0 Å². The molecule has 0 bridgehead atoms. The van der Waals surface area contributed by atoms with Crippen molar-refractivity contribution in [3.63, 3.8) is 0 Å². The van der Waals surface area contributed by atoms with Crippen molar-refractivity contribution >= 4 is 35.8 Å². The number of hydrogen-bond acceptors (Lipinski definition) is 3. The number of halogens is 1. The molecule has 0 aliphatic heterocycles. The maximum atomic E-state index is 4.69. The molecule has 0 unspecified atom stereocenters. The number of guanidine groups is 1. The highest BCUT2D eigenvalue weighted by Gasteiger charge is 2.03. The van der Waals surface area contributed by atoms with Gasteiger partial charge in [-0.15, -0.1) is 24.0 Å². The molecule has 0 saturated heterocycles. The number of rotatable bonds is 6. The Morgan fingerprint density at radius 2 is 1.88 bits per heavy atom. The molecule has 0 fully saturated rings. The zero-order chi connectivity index (χ0) is 18.2. The molecule has 0 spiro atoms. The first-order valence-electron chi connectivity index (χ1n) is 8.70. The highest BCUT2D eigenvalue weighted by molar-refractivity contribution is 14.0. The molecule has 2 rings (SSSR count). The van der Waals surface area contributed by atoms with Gasteiger partial charge < -0.3 is 15.5 Å². The van der Waals surface area contributed by atoms with E-state index in [9.17, 15) is 0 Å². The summed E-state index contributed by atoms with van der Waals surface area (Å²) in [6, 6.07) is 10.6. The quantitative estimate of drug-likeness (QED) is 0.387. The second kappa shape index (κ2) is 11.0. The number of hydrogen-bond donors (Lipinski definition) is 2. The van der Waals surface area contributed by atoms with Gasteiger partial charge in [0.05, 0.1) is 6.54 Å². The Balaban J connectivity index is 0.00000338. The smallest absolute Gasteiger partial charge is 0.191 e. The Morgan fingerprint density at radius 3 is 2.54 bits per heavy atom. The lowest BCUT2D eigenvalue weighted by atomic mass is 10.1. The third-order valence-corrected chi connectivity index (χ3v) is 3.98. The number of anilines is 1. The zero-order valence-corrected chi connectivity index (χ0v) is 18.7. The Morgan fingerprint density at radius 1 is 1.12 bits per heavy atom. The van der Waals surface area contributed by atoms with Crippen LogP contribution in [-0.2, 0) is 13.1 Å². The van der Waals surface area contributed by atoms with Crippen LogP contribution < -0.4 is 15.5 Å². The van der Waals surface area contributed by atoms with E-state index < -0.39 is 0 Å². The average molecular weight is 467 g/mol. The first kappa shape index (κ1) is 22.2. The monoisotopic (exact) mass is 467 g/mol. The zero-order valence-electron chi connectivity index (χ0n) is 16.3. The summed E-state index contributed by atoms with van der Waals surface area (Å²) >= 11 is 0. The Labute approximate surface area is 174 Å². The van der Waals surface area contributed by atoms with Crippen LogP contribution in [0.4, 0.5) is 5.82 Å². The average Bonchev–Trinajstić information content (AvgIpc) is 2.59. The molecule has 0 aliphatic carbocycles. The molecule has 1 heterocycles. The van der Waals surface area contributed by atoms with Crippen LogP contribution in [0.2, 0.25) is 0 Å². The lowest BCUT2D eigenvalue weighted by Crippen LogP contribution is -2.36. The second-order valence-corrected chi connectivity index (χ2v) is 6.40. The van der Waals surface area contributed by atoms with Crippen LogP contribution in [0.25, 0.3) is 0 Å². The Hall–Kier alpha value is -1.83. The largest absolute Gasteiger partial charge is 0.363 e. The van der Waals surface area contributed by atoms with Gasteiger partial charge in [-0.1, -0.05) is 23.8 Å². The number of nitrogens with one attached hydrogen (secondary N) is 2. The summed E-state index contributed by atoms with van der Waals surface area (Å²) in [4.78, 5) is 11.0. The first-order valence-corrected chi connectivity index (χ1v) is 8.70. The Bertz CT molecular complexity index is 728. The van der Waals surface area contributed by atoms with Crippen LogP contribution in [0.1, 0.15) is 29.2 Å². The van der Waals surface area contributed by atoms with Crippen molar-refractivity contribution in [3.05, 3.63) is 58.8 Å². The van der Waals surface area contributed by atoms with E-state index in [0.29, 0.717) is 6.54 Å². The van der Waals surface area contributed by atoms with Crippen molar-refractivity contribution in [2.75, 3.05) is 25.5 Å². The predicted molar refractivity (Wildman–Crippen MR) is 122 cm³/mol. The number of benzene rings is 1. The van der Waals surface area contributed by atoms with Crippen molar-refractivity contribution in [3.8, 4) is 0 Å². The minimum absolute atomic E-state index is 0. The highest BCUT2D eigenvalue weighted by Crippen LogP contribution is 2.11. The molecule has 2 aromatic rings. The fourth-order valence-corrected chi connectivity index (χ4v) is 2.54. The lowest BCUT2D eigenvalue weighted by molar-refractivity contribution is 0.812. The van der Waals surface area contributed by atoms with Crippen molar-refractivity contribution in [2.45, 2.75) is 33.9 Å². The van der Waals surface area contributed by atoms with Crippen molar-refractivity contribution in [2.24, 2.45) is 4.99 Å². The van der Waals surface area contributed by atoms with E-state index >= 15 is 0 Å². The van der Waals surface area contributed by atoms with E-state index in [2.05, 4.69) is 60.7 Å². The van der Waals surface area contributed by atoms with Gasteiger partial charge in [0.1, 0.15) is 5.82 Å². The molecule has 0 amide bonds. The predicted octanol–water partition coefficient (Wildman–Crippen LogP) is 3.64. The van der Waals surface area contributed by atoms with Gasteiger partial charge in [-0.25, -0.2) is 9.98 Å². The SMILES string of the molecule is CCNC(=NCc1ccnc(N(C)C)c1)NCc1ccc(C)cc1C.I. The molecular formula is C20H30IN5. The van der Waals surface area contributed by atoms with Gasteiger partial charge in [-0.05, 0) is 49.6 Å². The van der Waals surface area contributed by atoms with E-state index in [0.717, 1.165) is 30.4 Å². The summed E-state index contributed by atoms with van der Waals surface area (Å²) in [5.74, 6) is 1.77. The van der Waals surface area contributed by atoms with Gasteiger partial charge in [-0.3, -0.25) is 0 Å². The molecule has 0 saturated carbocycles. The third kappa shape index (κ3) is 6.82. The van der Waals surface area contributed by atoms with Crippen LogP contribution in [0, 0.1) is 13.8 Å². The van der Waals surface area contributed by atoms with E-state index in [1.54, 1.807) is 0 Å².